The summed E-state index contributed by atoms with van der Waals surface area (Å²) >= 11 is 7.60. The van der Waals surface area contributed by atoms with E-state index in [0.29, 0.717) is 19.7 Å². The quantitative estimate of drug-likeness (QED) is 0.567. The Bertz CT molecular complexity index is 931. The molecular weight excluding hydrogens is 382 g/mol. The van der Waals surface area contributed by atoms with Gasteiger partial charge in [-0.25, -0.2) is 4.98 Å². The van der Waals surface area contributed by atoms with Crippen molar-refractivity contribution in [1.82, 2.24) is 14.3 Å². The highest BCUT2D eigenvalue weighted by atomic mass is 35.5. The standard InChI is InChI=1S/C20H22ClN3O2S/c1-26-11-10-23(19(25)15-2-3-15)9-8-17-13-27-20-22-18(12-24(17)20)14-4-6-16(21)7-5-14/h4-7,12-13,15H,2-3,8-11H2,1H3. The van der Waals surface area contributed by atoms with Gasteiger partial charge in [0.1, 0.15) is 0 Å². The number of rotatable bonds is 8. The van der Waals surface area contributed by atoms with Gasteiger partial charge in [-0.1, -0.05) is 23.7 Å². The second-order valence-electron chi connectivity index (χ2n) is 6.86. The van der Waals surface area contributed by atoms with Crippen LogP contribution in [0.5, 0.6) is 0 Å². The van der Waals surface area contributed by atoms with Crippen molar-refractivity contribution >= 4 is 33.8 Å². The average Bonchev–Trinajstić information content (AvgIpc) is 3.33. The summed E-state index contributed by atoms with van der Waals surface area (Å²) in [5.74, 6) is 0.500. The van der Waals surface area contributed by atoms with Gasteiger partial charge in [0.15, 0.2) is 4.96 Å². The first-order valence-electron chi connectivity index (χ1n) is 9.15. The molecule has 4 rings (SSSR count). The molecule has 0 saturated heterocycles. The third-order valence-electron chi connectivity index (χ3n) is 4.86. The number of thiazole rings is 1. The third-order valence-corrected chi connectivity index (χ3v) is 6.01. The molecule has 1 aromatic carbocycles. The topological polar surface area (TPSA) is 46.8 Å². The molecule has 0 unspecified atom stereocenters. The number of imidazole rings is 1. The van der Waals surface area contributed by atoms with Crippen LogP contribution in [0.2, 0.25) is 5.02 Å². The van der Waals surface area contributed by atoms with Gasteiger partial charge in [-0.2, -0.15) is 0 Å². The molecule has 0 bridgehead atoms. The molecule has 3 aromatic rings. The fraction of sp³-hybridized carbons (Fsp3) is 0.400. The van der Waals surface area contributed by atoms with Crippen molar-refractivity contribution in [2.45, 2.75) is 19.3 Å². The molecule has 2 aromatic heterocycles. The molecule has 27 heavy (non-hydrogen) atoms. The van der Waals surface area contributed by atoms with E-state index in [9.17, 15) is 4.79 Å². The highest BCUT2D eigenvalue weighted by Crippen LogP contribution is 2.31. The minimum absolute atomic E-state index is 0.231. The first-order valence-corrected chi connectivity index (χ1v) is 10.4. The van der Waals surface area contributed by atoms with E-state index in [2.05, 4.69) is 16.0 Å². The van der Waals surface area contributed by atoms with Crippen LogP contribution in [0, 0.1) is 5.92 Å². The lowest BCUT2D eigenvalue weighted by Gasteiger charge is -2.22. The summed E-state index contributed by atoms with van der Waals surface area (Å²) in [6, 6.07) is 7.72. The molecule has 5 nitrogen and oxygen atoms in total. The third kappa shape index (κ3) is 4.18. The second kappa shape index (κ2) is 8.00. The van der Waals surface area contributed by atoms with Crippen LogP contribution < -0.4 is 0 Å². The fourth-order valence-corrected chi connectivity index (χ4v) is 4.17. The molecule has 0 atom stereocenters. The Morgan fingerprint density at radius 3 is 2.81 bits per heavy atom. The number of halogens is 1. The Morgan fingerprint density at radius 1 is 1.33 bits per heavy atom. The molecule has 0 spiro atoms. The number of carbonyl (C=O) groups is 1. The molecule has 1 fully saturated rings. The Balaban J connectivity index is 1.49. The Labute approximate surface area is 167 Å². The zero-order valence-corrected chi connectivity index (χ0v) is 16.8. The summed E-state index contributed by atoms with van der Waals surface area (Å²) in [6.07, 6.45) is 4.92. The summed E-state index contributed by atoms with van der Waals surface area (Å²) in [7, 11) is 1.67. The van der Waals surface area contributed by atoms with Gasteiger partial charge in [-0.3, -0.25) is 9.20 Å². The number of methoxy groups -OCH3 is 1. The normalized spacial score (nSPS) is 14.0. The Morgan fingerprint density at radius 2 is 2.11 bits per heavy atom. The molecule has 1 aliphatic carbocycles. The average molecular weight is 404 g/mol. The maximum absolute atomic E-state index is 12.5. The van der Waals surface area contributed by atoms with Crippen LogP contribution in [0.25, 0.3) is 16.2 Å². The van der Waals surface area contributed by atoms with E-state index in [1.807, 2.05) is 29.2 Å². The van der Waals surface area contributed by atoms with Crippen molar-refractivity contribution in [2.24, 2.45) is 5.92 Å². The van der Waals surface area contributed by atoms with Gasteiger partial charge in [-0.05, 0) is 25.0 Å². The van der Waals surface area contributed by atoms with Gasteiger partial charge in [-0.15, -0.1) is 11.3 Å². The summed E-state index contributed by atoms with van der Waals surface area (Å²) in [6.45, 7) is 1.93. The van der Waals surface area contributed by atoms with E-state index in [4.69, 9.17) is 21.3 Å². The number of amides is 1. The lowest BCUT2D eigenvalue weighted by Crippen LogP contribution is -2.36. The van der Waals surface area contributed by atoms with E-state index in [0.717, 1.165) is 40.5 Å². The molecule has 0 radical (unpaired) electrons. The molecule has 1 saturated carbocycles. The van der Waals surface area contributed by atoms with Crippen molar-refractivity contribution in [1.29, 1.82) is 0 Å². The highest BCUT2D eigenvalue weighted by Gasteiger charge is 2.33. The van der Waals surface area contributed by atoms with E-state index < -0.39 is 0 Å². The predicted octanol–water partition coefficient (Wildman–Crippen LogP) is 4.14. The number of carbonyl (C=O) groups excluding carboxylic acids is 1. The van der Waals surface area contributed by atoms with Crippen LogP contribution in [0.3, 0.4) is 0 Å². The van der Waals surface area contributed by atoms with E-state index >= 15 is 0 Å². The predicted molar refractivity (Wildman–Crippen MR) is 108 cm³/mol. The molecule has 2 heterocycles. The molecule has 7 heteroatoms. The van der Waals surface area contributed by atoms with Gasteiger partial charge in [0, 0.05) is 60.4 Å². The van der Waals surface area contributed by atoms with Crippen molar-refractivity contribution in [3.8, 4) is 11.3 Å². The first kappa shape index (κ1) is 18.5. The summed E-state index contributed by atoms with van der Waals surface area (Å²) in [5.41, 5.74) is 3.16. The number of aromatic nitrogens is 2. The van der Waals surface area contributed by atoms with Gasteiger partial charge < -0.3 is 9.64 Å². The number of fused-ring (bicyclic) bond motifs is 1. The largest absolute Gasteiger partial charge is 0.383 e. The highest BCUT2D eigenvalue weighted by molar-refractivity contribution is 7.15. The van der Waals surface area contributed by atoms with Crippen LogP contribution in [0.15, 0.2) is 35.8 Å². The summed E-state index contributed by atoms with van der Waals surface area (Å²) < 4.78 is 7.30. The second-order valence-corrected chi connectivity index (χ2v) is 8.13. The zero-order chi connectivity index (χ0) is 18.8. The molecule has 1 amide bonds. The number of benzene rings is 1. The van der Waals surface area contributed by atoms with Gasteiger partial charge in [0.2, 0.25) is 5.91 Å². The Hall–Kier alpha value is -1.89. The van der Waals surface area contributed by atoms with Crippen LogP contribution >= 0.6 is 22.9 Å². The first-order chi connectivity index (χ1) is 13.2. The van der Waals surface area contributed by atoms with E-state index in [1.165, 1.54) is 5.69 Å². The molecule has 142 valence electrons. The van der Waals surface area contributed by atoms with E-state index in [1.54, 1.807) is 18.4 Å². The van der Waals surface area contributed by atoms with E-state index in [-0.39, 0.29) is 11.8 Å². The van der Waals surface area contributed by atoms with Crippen molar-refractivity contribution in [2.75, 3.05) is 26.8 Å². The van der Waals surface area contributed by atoms with Crippen LogP contribution in [-0.2, 0) is 16.0 Å². The van der Waals surface area contributed by atoms with Crippen LogP contribution in [0.1, 0.15) is 18.5 Å². The molecular formula is C20H22ClN3O2S. The summed E-state index contributed by atoms with van der Waals surface area (Å²) in [4.78, 5) is 20.1. The maximum Gasteiger partial charge on any atom is 0.225 e. The lowest BCUT2D eigenvalue weighted by atomic mass is 10.2. The SMILES string of the molecule is COCCN(CCc1csc2nc(-c3ccc(Cl)cc3)cn12)C(=O)C1CC1. The molecule has 0 aliphatic heterocycles. The summed E-state index contributed by atoms with van der Waals surface area (Å²) in [5, 5.41) is 2.85. The number of nitrogens with zero attached hydrogens (tertiary/aromatic N) is 3. The van der Waals surface area contributed by atoms with Crippen LogP contribution in [-0.4, -0.2) is 47.0 Å². The van der Waals surface area contributed by atoms with Gasteiger partial charge in [0.05, 0.1) is 12.3 Å². The zero-order valence-electron chi connectivity index (χ0n) is 15.2. The van der Waals surface area contributed by atoms with Gasteiger partial charge >= 0.3 is 0 Å². The molecule has 0 N–H and O–H groups in total. The van der Waals surface area contributed by atoms with Crippen LogP contribution in [0.4, 0.5) is 0 Å². The number of ether oxygens (including phenoxy) is 1. The maximum atomic E-state index is 12.5. The lowest BCUT2D eigenvalue weighted by molar-refractivity contribution is -0.133. The number of hydrogen-bond donors (Lipinski definition) is 0. The molecule has 1 aliphatic rings. The smallest absolute Gasteiger partial charge is 0.225 e. The van der Waals surface area contributed by atoms with Crippen molar-refractivity contribution in [3.05, 3.63) is 46.6 Å². The number of hydrogen-bond acceptors (Lipinski definition) is 4. The van der Waals surface area contributed by atoms with Crippen molar-refractivity contribution < 1.29 is 9.53 Å². The minimum Gasteiger partial charge on any atom is -0.383 e. The fourth-order valence-electron chi connectivity index (χ4n) is 3.14. The Kier molecular flexibility index (Phi) is 5.48. The minimum atomic E-state index is 0.231. The van der Waals surface area contributed by atoms with Gasteiger partial charge in [0.25, 0.3) is 0 Å². The van der Waals surface area contributed by atoms with Crippen molar-refractivity contribution in [3.63, 3.8) is 0 Å². The monoisotopic (exact) mass is 403 g/mol.